The zero-order chi connectivity index (χ0) is 38.7. The van der Waals surface area contributed by atoms with E-state index in [0.29, 0.717) is 12.0 Å². The minimum absolute atomic E-state index is 0.484. The lowest BCUT2D eigenvalue weighted by Crippen LogP contribution is -2.26. The molecule has 0 spiro atoms. The van der Waals surface area contributed by atoms with Gasteiger partial charge in [0.2, 0.25) is 0 Å². The van der Waals surface area contributed by atoms with Gasteiger partial charge in [-0.1, -0.05) is 163 Å². The average Bonchev–Trinajstić information content (AvgIpc) is 3.85. The fraction of sp³-hybridized carbons (Fsp3) is 0.145. The van der Waals surface area contributed by atoms with Crippen LogP contribution in [0.5, 0.6) is 0 Å². The number of benzene rings is 6. The van der Waals surface area contributed by atoms with Gasteiger partial charge in [-0.2, -0.15) is 0 Å². The van der Waals surface area contributed by atoms with Gasteiger partial charge in [-0.05, 0) is 126 Å². The summed E-state index contributed by atoms with van der Waals surface area (Å²) in [6.07, 6.45) is 14.4. The predicted octanol–water partition coefficient (Wildman–Crippen LogP) is 14.1. The van der Waals surface area contributed by atoms with Gasteiger partial charge in [0.1, 0.15) is 0 Å². The van der Waals surface area contributed by atoms with Gasteiger partial charge in [0.05, 0.1) is 0 Å². The molecule has 278 valence electrons. The Morgan fingerprint density at radius 3 is 1.81 bits per heavy atom. The van der Waals surface area contributed by atoms with Crippen LogP contribution in [0.4, 0.5) is 11.4 Å². The molecule has 0 radical (unpaired) electrons. The lowest BCUT2D eigenvalue weighted by Gasteiger charge is -2.27. The first kappa shape index (κ1) is 36.1. The number of hydrogen-bond donors (Lipinski definition) is 0. The summed E-state index contributed by atoms with van der Waals surface area (Å²) in [5.74, 6) is 0.542. The van der Waals surface area contributed by atoms with Gasteiger partial charge in [0.25, 0.3) is 0 Å². The maximum Gasteiger partial charge on any atom is 0.0450 e. The lowest BCUT2D eigenvalue weighted by atomic mass is 9.89. The molecule has 0 saturated heterocycles. The molecule has 2 heteroatoms. The van der Waals surface area contributed by atoms with Crippen molar-refractivity contribution in [2.45, 2.75) is 52.0 Å². The third-order valence-corrected chi connectivity index (χ3v) is 11.8. The third kappa shape index (κ3) is 7.56. The number of nitrogens with zero attached hydrogens (tertiary/aromatic N) is 2. The van der Waals surface area contributed by atoms with Crippen molar-refractivity contribution in [1.29, 1.82) is 0 Å². The van der Waals surface area contributed by atoms with Crippen LogP contribution < -0.4 is 4.90 Å². The quantitative estimate of drug-likeness (QED) is 0.108. The Kier molecular flexibility index (Phi) is 10.1. The van der Waals surface area contributed by atoms with Crippen LogP contribution in [0.1, 0.15) is 86.4 Å². The second-order valence-corrected chi connectivity index (χ2v) is 15.8. The van der Waals surface area contributed by atoms with Crippen molar-refractivity contribution in [2.75, 3.05) is 4.90 Å². The molecule has 6 aromatic carbocycles. The van der Waals surface area contributed by atoms with Crippen molar-refractivity contribution in [3.63, 3.8) is 0 Å². The van der Waals surface area contributed by atoms with Crippen LogP contribution in [0.2, 0.25) is 0 Å². The Hall–Kier alpha value is -6.51. The molecule has 2 unspecified atom stereocenters. The predicted molar refractivity (Wildman–Crippen MR) is 242 cm³/mol. The van der Waals surface area contributed by atoms with Crippen LogP contribution >= 0.6 is 0 Å². The molecule has 1 aliphatic carbocycles. The lowest BCUT2D eigenvalue weighted by molar-refractivity contribution is 0.642. The summed E-state index contributed by atoms with van der Waals surface area (Å²) < 4.78 is 0. The monoisotopic (exact) mass is 736 g/mol. The Balaban J connectivity index is 1.06. The largest absolute Gasteiger partial charge is 0.338 e. The average molecular weight is 737 g/mol. The van der Waals surface area contributed by atoms with Crippen LogP contribution in [0, 0.1) is 20.8 Å². The van der Waals surface area contributed by atoms with Crippen molar-refractivity contribution in [1.82, 2.24) is 4.98 Å². The molecule has 0 amide bonds. The Morgan fingerprint density at radius 2 is 1.18 bits per heavy atom. The first-order valence-electron chi connectivity index (χ1n) is 20.3. The highest BCUT2D eigenvalue weighted by atomic mass is 15.2. The standard InChI is InChI=1S/C55H48N2/c1-38-14-24-43(25-15-38)51(44-26-16-39(2)17-27-44)35-42-23-33-54-52(36-42)50-12-7-13-53(50)57(54)48-30-20-41(21-31-48)22-32-49(47-11-8-34-56-37-47)55(45-9-5-4-6-10-45)46-28-18-40(3)19-29-46/h4-6,8-11,14-37,50,53H,7,12-13H2,1-3H3/b32-22+,55-49-. The molecule has 2 atom stereocenters. The second kappa shape index (κ2) is 15.9. The third-order valence-electron chi connectivity index (χ3n) is 11.8. The van der Waals surface area contributed by atoms with E-state index in [4.69, 9.17) is 0 Å². The maximum absolute atomic E-state index is 4.52. The minimum Gasteiger partial charge on any atom is -0.338 e. The van der Waals surface area contributed by atoms with E-state index in [2.05, 4.69) is 201 Å². The van der Waals surface area contributed by atoms with Crippen molar-refractivity contribution >= 4 is 40.2 Å². The number of anilines is 2. The van der Waals surface area contributed by atoms with Gasteiger partial charge >= 0.3 is 0 Å². The summed E-state index contributed by atoms with van der Waals surface area (Å²) in [5.41, 5.74) is 19.9. The van der Waals surface area contributed by atoms with Crippen LogP contribution in [0.15, 0.2) is 176 Å². The Morgan fingerprint density at radius 1 is 0.579 bits per heavy atom. The molecule has 7 aromatic rings. The van der Waals surface area contributed by atoms with E-state index in [1.54, 1.807) is 0 Å². The van der Waals surface area contributed by atoms with Crippen LogP contribution in [0.25, 0.3) is 28.9 Å². The molecule has 9 rings (SSSR count). The van der Waals surface area contributed by atoms with E-state index < -0.39 is 0 Å². The number of rotatable bonds is 9. The summed E-state index contributed by atoms with van der Waals surface area (Å²) in [5, 5.41) is 0. The SMILES string of the molecule is Cc1ccc(C(=Cc2ccc3c(c2)C2CCCC2N3c2ccc(/C=C/C(=C(\c3ccccc3)c3ccc(C)cc3)c3cccnc3)cc2)c2ccc(C)cc2)cc1. The number of aryl methyl sites for hydroxylation is 3. The molecule has 2 heterocycles. The van der Waals surface area contributed by atoms with Crippen LogP contribution in [-0.4, -0.2) is 11.0 Å². The minimum atomic E-state index is 0.484. The van der Waals surface area contributed by atoms with E-state index in [0.717, 1.165) is 11.1 Å². The molecular weight excluding hydrogens is 689 g/mol. The second-order valence-electron chi connectivity index (χ2n) is 15.8. The van der Waals surface area contributed by atoms with Gasteiger partial charge in [0.15, 0.2) is 0 Å². The van der Waals surface area contributed by atoms with E-state index in [1.165, 1.54) is 97.4 Å². The highest BCUT2D eigenvalue weighted by Crippen LogP contribution is 2.52. The maximum atomic E-state index is 4.52. The number of hydrogen-bond acceptors (Lipinski definition) is 2. The summed E-state index contributed by atoms with van der Waals surface area (Å²) in [6.45, 7) is 6.44. The highest BCUT2D eigenvalue weighted by Gasteiger charge is 2.42. The van der Waals surface area contributed by atoms with Crippen molar-refractivity contribution in [3.8, 4) is 0 Å². The number of pyridine rings is 1. The zero-order valence-corrected chi connectivity index (χ0v) is 33.1. The van der Waals surface area contributed by atoms with Gasteiger partial charge in [-0.25, -0.2) is 0 Å². The number of aromatic nitrogens is 1. The van der Waals surface area contributed by atoms with Crippen LogP contribution in [-0.2, 0) is 0 Å². The molecular formula is C55H48N2. The number of allylic oxidation sites excluding steroid dienone is 2. The molecule has 1 fully saturated rings. The molecule has 2 aliphatic rings. The molecule has 0 N–H and O–H groups in total. The van der Waals surface area contributed by atoms with Crippen molar-refractivity contribution < 1.29 is 0 Å². The molecule has 1 aromatic heterocycles. The van der Waals surface area contributed by atoms with E-state index in [9.17, 15) is 0 Å². The summed E-state index contributed by atoms with van der Waals surface area (Å²) in [4.78, 5) is 7.15. The van der Waals surface area contributed by atoms with Crippen LogP contribution in [0.3, 0.4) is 0 Å². The van der Waals surface area contributed by atoms with Gasteiger partial charge in [0, 0.05) is 41.3 Å². The van der Waals surface area contributed by atoms with E-state index in [-0.39, 0.29) is 0 Å². The summed E-state index contributed by atoms with van der Waals surface area (Å²) in [6, 6.07) is 58.4. The fourth-order valence-electron chi connectivity index (χ4n) is 8.84. The van der Waals surface area contributed by atoms with Crippen molar-refractivity contribution in [2.24, 2.45) is 0 Å². The topological polar surface area (TPSA) is 16.1 Å². The normalized spacial score (nSPS) is 16.3. The summed E-state index contributed by atoms with van der Waals surface area (Å²) >= 11 is 0. The van der Waals surface area contributed by atoms with Crippen molar-refractivity contribution in [3.05, 3.63) is 237 Å². The van der Waals surface area contributed by atoms with Gasteiger partial charge in [-0.3, -0.25) is 4.98 Å². The van der Waals surface area contributed by atoms with Gasteiger partial charge < -0.3 is 4.90 Å². The zero-order valence-electron chi connectivity index (χ0n) is 33.1. The fourth-order valence-corrected chi connectivity index (χ4v) is 8.84. The Labute approximate surface area is 338 Å². The Bertz CT molecular complexity index is 2530. The first-order valence-corrected chi connectivity index (χ1v) is 20.3. The highest BCUT2D eigenvalue weighted by molar-refractivity contribution is 6.03. The van der Waals surface area contributed by atoms with E-state index in [1.807, 2.05) is 18.5 Å². The molecule has 1 saturated carbocycles. The molecule has 0 bridgehead atoms. The smallest absolute Gasteiger partial charge is 0.0450 e. The first-order chi connectivity index (χ1) is 28.0. The molecule has 1 aliphatic heterocycles. The summed E-state index contributed by atoms with van der Waals surface area (Å²) in [7, 11) is 0. The van der Waals surface area contributed by atoms with Gasteiger partial charge in [-0.15, -0.1) is 0 Å². The molecule has 2 nitrogen and oxygen atoms in total. The number of fused-ring (bicyclic) bond motifs is 3. The molecule has 57 heavy (non-hydrogen) atoms. The van der Waals surface area contributed by atoms with E-state index >= 15 is 0 Å².